The summed E-state index contributed by atoms with van der Waals surface area (Å²) in [4.78, 5) is 10.6. The van der Waals surface area contributed by atoms with Gasteiger partial charge in [0.05, 0.1) is 25.4 Å². The van der Waals surface area contributed by atoms with Gasteiger partial charge in [0.1, 0.15) is 0 Å². The molecule has 3 nitrogen and oxygen atoms in total. The van der Waals surface area contributed by atoms with Gasteiger partial charge in [-0.2, -0.15) is 0 Å². The van der Waals surface area contributed by atoms with Crippen LogP contribution in [0.15, 0.2) is 11.2 Å². The number of thioether (sulfide) groups is 1. The number of aromatic nitrogens is 2. The van der Waals surface area contributed by atoms with Crippen molar-refractivity contribution in [2.45, 2.75) is 31.8 Å². The molecule has 0 amide bonds. The molecule has 0 spiro atoms. The second-order valence-electron chi connectivity index (χ2n) is 4.49. The predicted octanol–water partition coefficient (Wildman–Crippen LogP) is 0.864. The first-order valence-corrected chi connectivity index (χ1v) is 7.01. The maximum atomic E-state index is 4.44. The van der Waals surface area contributed by atoms with Crippen LogP contribution >= 0.6 is 11.8 Å². The highest BCUT2D eigenvalue weighted by Gasteiger charge is 2.14. The number of hydrogen-bond acceptors (Lipinski definition) is 3. The van der Waals surface area contributed by atoms with Crippen LogP contribution in [0.1, 0.15) is 24.2 Å². The molecule has 0 aliphatic carbocycles. The summed E-state index contributed by atoms with van der Waals surface area (Å²) in [5, 5.41) is 0.941. The lowest BCUT2D eigenvalue weighted by Crippen LogP contribution is -3.10. The van der Waals surface area contributed by atoms with Gasteiger partial charge in [-0.1, -0.05) is 11.8 Å². The topological polar surface area (TPSA) is 30.2 Å². The SMILES string of the molecule is Cc1cc(C)nc(SCC[NH+]2CCCC2)n1. The standard InChI is InChI=1S/C12H19N3S/c1-10-9-11(2)14-12(13-10)16-8-7-15-5-3-4-6-15/h9H,3-8H2,1-2H3/p+1. The summed E-state index contributed by atoms with van der Waals surface area (Å²) in [6.45, 7) is 8.03. The Morgan fingerprint density at radius 1 is 1.19 bits per heavy atom. The molecule has 0 saturated carbocycles. The van der Waals surface area contributed by atoms with Crippen LogP contribution < -0.4 is 4.90 Å². The zero-order chi connectivity index (χ0) is 11.4. The van der Waals surface area contributed by atoms with Crippen molar-refractivity contribution in [2.75, 3.05) is 25.4 Å². The normalized spacial score (nSPS) is 16.9. The van der Waals surface area contributed by atoms with E-state index in [0.717, 1.165) is 22.3 Å². The summed E-state index contributed by atoms with van der Waals surface area (Å²) in [6, 6.07) is 2.02. The lowest BCUT2D eigenvalue weighted by atomic mass is 10.4. The van der Waals surface area contributed by atoms with Gasteiger partial charge in [0, 0.05) is 24.2 Å². The third-order valence-corrected chi connectivity index (χ3v) is 3.81. The van der Waals surface area contributed by atoms with E-state index in [4.69, 9.17) is 0 Å². The molecule has 1 fully saturated rings. The quantitative estimate of drug-likeness (QED) is 0.623. The molecule has 1 aliphatic rings. The monoisotopic (exact) mass is 238 g/mol. The zero-order valence-electron chi connectivity index (χ0n) is 10.1. The first-order chi connectivity index (χ1) is 7.74. The second-order valence-corrected chi connectivity index (χ2v) is 5.55. The lowest BCUT2D eigenvalue weighted by Gasteiger charge is -2.10. The van der Waals surface area contributed by atoms with Crippen molar-refractivity contribution in [2.24, 2.45) is 0 Å². The van der Waals surface area contributed by atoms with E-state index in [1.54, 1.807) is 16.7 Å². The molecule has 1 saturated heterocycles. The van der Waals surface area contributed by atoms with Gasteiger partial charge < -0.3 is 4.90 Å². The van der Waals surface area contributed by atoms with E-state index in [2.05, 4.69) is 9.97 Å². The summed E-state index contributed by atoms with van der Waals surface area (Å²) < 4.78 is 0. The molecule has 0 radical (unpaired) electrons. The summed E-state index contributed by atoms with van der Waals surface area (Å²) in [5.41, 5.74) is 2.15. The number of rotatable bonds is 4. The molecular formula is C12H20N3S+. The Bertz CT molecular complexity index is 328. The highest BCUT2D eigenvalue weighted by molar-refractivity contribution is 7.99. The van der Waals surface area contributed by atoms with Gasteiger partial charge in [-0.15, -0.1) is 0 Å². The van der Waals surface area contributed by atoms with Crippen LogP contribution in [0.4, 0.5) is 0 Å². The number of nitrogens with one attached hydrogen (secondary N) is 1. The second kappa shape index (κ2) is 5.64. The van der Waals surface area contributed by atoms with Gasteiger partial charge in [-0.3, -0.25) is 0 Å². The Morgan fingerprint density at radius 2 is 1.81 bits per heavy atom. The van der Waals surface area contributed by atoms with Gasteiger partial charge in [0.15, 0.2) is 5.16 Å². The van der Waals surface area contributed by atoms with E-state index in [-0.39, 0.29) is 0 Å². The number of likely N-dealkylation sites (tertiary alicyclic amines) is 1. The average Bonchev–Trinajstić information content (AvgIpc) is 2.69. The van der Waals surface area contributed by atoms with Crippen LogP contribution in [0, 0.1) is 13.8 Å². The van der Waals surface area contributed by atoms with Crippen molar-refractivity contribution in [3.05, 3.63) is 17.5 Å². The Balaban J connectivity index is 1.80. The molecule has 1 aromatic rings. The fourth-order valence-electron chi connectivity index (χ4n) is 2.17. The Labute approximate surface area is 102 Å². The molecule has 1 aliphatic heterocycles. The first kappa shape index (κ1) is 11.9. The van der Waals surface area contributed by atoms with Crippen LogP contribution in [0.5, 0.6) is 0 Å². The summed E-state index contributed by atoms with van der Waals surface area (Å²) in [6.07, 6.45) is 2.81. The van der Waals surface area contributed by atoms with Crippen molar-refractivity contribution in [3.8, 4) is 0 Å². The molecule has 1 aromatic heterocycles. The van der Waals surface area contributed by atoms with E-state index in [1.807, 2.05) is 19.9 Å². The summed E-state index contributed by atoms with van der Waals surface area (Å²) in [7, 11) is 0. The first-order valence-electron chi connectivity index (χ1n) is 6.03. The third kappa shape index (κ3) is 3.46. The minimum atomic E-state index is 0.941. The zero-order valence-corrected chi connectivity index (χ0v) is 10.9. The van der Waals surface area contributed by atoms with Gasteiger partial charge >= 0.3 is 0 Å². The van der Waals surface area contributed by atoms with E-state index in [9.17, 15) is 0 Å². The van der Waals surface area contributed by atoms with Crippen molar-refractivity contribution in [3.63, 3.8) is 0 Å². The summed E-state index contributed by atoms with van der Waals surface area (Å²) >= 11 is 1.79. The highest BCUT2D eigenvalue weighted by atomic mass is 32.2. The number of quaternary nitrogens is 1. The fraction of sp³-hybridized carbons (Fsp3) is 0.667. The lowest BCUT2D eigenvalue weighted by molar-refractivity contribution is -0.884. The van der Waals surface area contributed by atoms with Crippen molar-refractivity contribution in [1.82, 2.24) is 9.97 Å². The van der Waals surface area contributed by atoms with Crippen molar-refractivity contribution >= 4 is 11.8 Å². The molecular weight excluding hydrogens is 218 g/mol. The largest absolute Gasteiger partial charge is 0.334 e. The number of nitrogens with zero attached hydrogens (tertiary/aromatic N) is 2. The van der Waals surface area contributed by atoms with Gasteiger partial charge in [-0.05, 0) is 19.9 Å². The van der Waals surface area contributed by atoms with E-state index < -0.39 is 0 Å². The molecule has 0 atom stereocenters. The van der Waals surface area contributed by atoms with Crippen LogP contribution in [0.2, 0.25) is 0 Å². The van der Waals surface area contributed by atoms with E-state index in [0.29, 0.717) is 0 Å². The molecule has 1 N–H and O–H groups in total. The fourth-order valence-corrected chi connectivity index (χ4v) is 3.16. The number of hydrogen-bond donors (Lipinski definition) is 1. The third-order valence-electron chi connectivity index (χ3n) is 2.96. The minimum Gasteiger partial charge on any atom is -0.334 e. The molecule has 16 heavy (non-hydrogen) atoms. The van der Waals surface area contributed by atoms with Crippen LogP contribution in [-0.4, -0.2) is 35.4 Å². The van der Waals surface area contributed by atoms with Crippen LogP contribution in [0.25, 0.3) is 0 Å². The Kier molecular flexibility index (Phi) is 4.18. The van der Waals surface area contributed by atoms with Gasteiger partial charge in [0.25, 0.3) is 0 Å². The van der Waals surface area contributed by atoms with Crippen LogP contribution in [-0.2, 0) is 0 Å². The molecule has 0 aromatic carbocycles. The minimum absolute atomic E-state index is 0.941. The van der Waals surface area contributed by atoms with Crippen LogP contribution in [0.3, 0.4) is 0 Å². The molecule has 2 heterocycles. The maximum absolute atomic E-state index is 4.44. The number of aryl methyl sites for hydroxylation is 2. The average molecular weight is 238 g/mol. The highest BCUT2D eigenvalue weighted by Crippen LogP contribution is 2.12. The molecule has 0 bridgehead atoms. The van der Waals surface area contributed by atoms with Gasteiger partial charge in [0.2, 0.25) is 0 Å². The molecule has 88 valence electrons. The van der Waals surface area contributed by atoms with Gasteiger partial charge in [-0.25, -0.2) is 9.97 Å². The van der Waals surface area contributed by atoms with Crippen molar-refractivity contribution < 1.29 is 4.90 Å². The maximum Gasteiger partial charge on any atom is 0.188 e. The van der Waals surface area contributed by atoms with E-state index >= 15 is 0 Å². The smallest absolute Gasteiger partial charge is 0.188 e. The molecule has 4 heteroatoms. The van der Waals surface area contributed by atoms with Crippen molar-refractivity contribution in [1.29, 1.82) is 0 Å². The molecule has 0 unspecified atom stereocenters. The molecule has 2 rings (SSSR count). The predicted molar refractivity (Wildman–Crippen MR) is 67.0 cm³/mol. The Hall–Kier alpha value is -0.610. The summed E-state index contributed by atoms with van der Waals surface area (Å²) in [5.74, 6) is 1.14. The van der Waals surface area contributed by atoms with E-state index in [1.165, 1.54) is 32.5 Å². The Morgan fingerprint density at radius 3 is 2.44 bits per heavy atom.